The molecule has 2 aromatic rings. The van der Waals surface area contributed by atoms with Crippen LogP contribution in [-0.2, 0) is 0 Å². The van der Waals surface area contributed by atoms with Gasteiger partial charge in [-0.05, 0) is 55.7 Å². The number of hydrogen-bond donors (Lipinski definition) is 4. The predicted molar refractivity (Wildman–Crippen MR) is 112 cm³/mol. The second kappa shape index (κ2) is 9.73. The minimum absolute atomic E-state index is 0.164. The van der Waals surface area contributed by atoms with Gasteiger partial charge < -0.3 is 10.6 Å². The molecule has 0 bridgehead atoms. The van der Waals surface area contributed by atoms with Crippen molar-refractivity contribution in [2.75, 3.05) is 5.32 Å². The van der Waals surface area contributed by atoms with Crippen LogP contribution in [0.1, 0.15) is 58.4 Å². The summed E-state index contributed by atoms with van der Waals surface area (Å²) in [5.74, 6) is -0.637. The Bertz CT molecular complexity index is 874. The maximum atomic E-state index is 12.3. The Balaban J connectivity index is 1.49. The molecule has 0 unspecified atom stereocenters. The molecule has 1 fully saturated rings. The van der Waals surface area contributed by atoms with E-state index < -0.39 is 11.9 Å². The highest BCUT2D eigenvalue weighted by molar-refractivity contribution is 6.05. The number of amides is 4. The first-order valence-electron chi connectivity index (χ1n) is 9.87. The summed E-state index contributed by atoms with van der Waals surface area (Å²) in [6.45, 7) is 1.87. The highest BCUT2D eigenvalue weighted by atomic mass is 16.2. The SMILES string of the molecule is Cc1ccccc1C(=O)Nc1ccc(C(=O)NNC(=O)NC2CCCCC2)cc1. The lowest BCUT2D eigenvalue weighted by molar-refractivity contribution is 0.0935. The van der Waals surface area contributed by atoms with E-state index in [9.17, 15) is 14.4 Å². The summed E-state index contributed by atoms with van der Waals surface area (Å²) in [7, 11) is 0. The summed E-state index contributed by atoms with van der Waals surface area (Å²) in [6.07, 6.45) is 5.38. The van der Waals surface area contributed by atoms with E-state index in [1.165, 1.54) is 6.42 Å². The zero-order valence-electron chi connectivity index (χ0n) is 16.5. The van der Waals surface area contributed by atoms with E-state index in [2.05, 4.69) is 21.5 Å². The first-order valence-corrected chi connectivity index (χ1v) is 9.87. The van der Waals surface area contributed by atoms with Gasteiger partial charge in [0.2, 0.25) is 0 Å². The number of rotatable bonds is 4. The van der Waals surface area contributed by atoms with E-state index in [0.717, 1.165) is 31.2 Å². The molecule has 2 aromatic carbocycles. The van der Waals surface area contributed by atoms with Crippen LogP contribution < -0.4 is 21.5 Å². The average molecular weight is 394 g/mol. The van der Waals surface area contributed by atoms with Gasteiger partial charge in [0.15, 0.2) is 0 Å². The van der Waals surface area contributed by atoms with Crippen molar-refractivity contribution in [2.24, 2.45) is 0 Å². The molecule has 7 nitrogen and oxygen atoms in total. The summed E-state index contributed by atoms with van der Waals surface area (Å²) in [4.78, 5) is 36.5. The Kier molecular flexibility index (Phi) is 6.84. The third-order valence-electron chi connectivity index (χ3n) is 5.02. The van der Waals surface area contributed by atoms with E-state index in [1.54, 1.807) is 30.3 Å². The molecule has 0 spiro atoms. The van der Waals surface area contributed by atoms with Crippen molar-refractivity contribution in [2.45, 2.75) is 45.1 Å². The van der Waals surface area contributed by atoms with Crippen LogP contribution in [0.3, 0.4) is 0 Å². The van der Waals surface area contributed by atoms with Gasteiger partial charge >= 0.3 is 6.03 Å². The second-order valence-corrected chi connectivity index (χ2v) is 7.23. The Morgan fingerprint density at radius 3 is 2.21 bits per heavy atom. The lowest BCUT2D eigenvalue weighted by Gasteiger charge is -2.22. The quantitative estimate of drug-likeness (QED) is 0.597. The van der Waals surface area contributed by atoms with Gasteiger partial charge in [-0.3, -0.25) is 15.0 Å². The summed E-state index contributed by atoms with van der Waals surface area (Å²) >= 11 is 0. The number of anilines is 1. The van der Waals surface area contributed by atoms with E-state index in [0.29, 0.717) is 16.8 Å². The topological polar surface area (TPSA) is 99.3 Å². The first-order chi connectivity index (χ1) is 14.0. The number of hydrazine groups is 1. The van der Waals surface area contributed by atoms with Crippen molar-refractivity contribution in [3.05, 3.63) is 65.2 Å². The second-order valence-electron chi connectivity index (χ2n) is 7.23. The standard InChI is InChI=1S/C22H26N4O3/c1-15-7-5-6-10-19(15)21(28)23-18-13-11-16(12-14-18)20(27)25-26-22(29)24-17-8-3-2-4-9-17/h5-7,10-14,17H,2-4,8-9H2,1H3,(H,23,28)(H,25,27)(H2,24,26,29). The number of benzene rings is 2. The van der Waals surface area contributed by atoms with Gasteiger partial charge in [0.25, 0.3) is 11.8 Å². The fourth-order valence-electron chi connectivity index (χ4n) is 3.39. The van der Waals surface area contributed by atoms with Gasteiger partial charge in [0.1, 0.15) is 0 Å². The van der Waals surface area contributed by atoms with Crippen LogP contribution in [0.5, 0.6) is 0 Å². The molecule has 0 aliphatic heterocycles. The average Bonchev–Trinajstić information content (AvgIpc) is 2.73. The minimum Gasteiger partial charge on any atom is -0.334 e. The summed E-state index contributed by atoms with van der Waals surface area (Å²) in [5.41, 5.74) is 7.22. The molecule has 4 amide bonds. The van der Waals surface area contributed by atoms with Gasteiger partial charge in [0, 0.05) is 22.9 Å². The predicted octanol–water partition coefficient (Wildman–Crippen LogP) is 3.52. The first kappa shape index (κ1) is 20.4. The molecule has 0 aromatic heterocycles. The molecule has 29 heavy (non-hydrogen) atoms. The minimum atomic E-state index is -0.430. The number of urea groups is 1. The highest BCUT2D eigenvalue weighted by Gasteiger charge is 2.16. The molecule has 0 saturated heterocycles. The van der Waals surface area contributed by atoms with Crippen LogP contribution in [0.2, 0.25) is 0 Å². The van der Waals surface area contributed by atoms with Crippen LogP contribution in [0.25, 0.3) is 0 Å². The Morgan fingerprint density at radius 2 is 1.52 bits per heavy atom. The smallest absolute Gasteiger partial charge is 0.333 e. The molecule has 4 N–H and O–H groups in total. The zero-order chi connectivity index (χ0) is 20.6. The monoisotopic (exact) mass is 394 g/mol. The summed E-state index contributed by atoms with van der Waals surface area (Å²) in [6, 6.07) is 13.5. The molecule has 0 radical (unpaired) electrons. The normalized spacial score (nSPS) is 14.0. The zero-order valence-corrected chi connectivity index (χ0v) is 16.5. The van der Waals surface area contributed by atoms with E-state index >= 15 is 0 Å². The molecule has 152 valence electrons. The van der Waals surface area contributed by atoms with Gasteiger partial charge in [0.05, 0.1) is 0 Å². The van der Waals surface area contributed by atoms with Gasteiger partial charge in [-0.15, -0.1) is 0 Å². The fourth-order valence-corrected chi connectivity index (χ4v) is 3.39. The van der Waals surface area contributed by atoms with Crippen LogP contribution in [-0.4, -0.2) is 23.9 Å². The number of nitrogens with one attached hydrogen (secondary N) is 4. The number of carbonyl (C=O) groups is 3. The van der Waals surface area contributed by atoms with Gasteiger partial charge in [-0.2, -0.15) is 0 Å². The van der Waals surface area contributed by atoms with Gasteiger partial charge in [-0.25, -0.2) is 10.2 Å². The molecule has 3 rings (SSSR count). The van der Waals surface area contributed by atoms with E-state index in [1.807, 2.05) is 25.1 Å². The lowest BCUT2D eigenvalue weighted by Crippen LogP contribution is -2.50. The van der Waals surface area contributed by atoms with Crippen LogP contribution in [0, 0.1) is 6.92 Å². The summed E-state index contributed by atoms with van der Waals surface area (Å²) < 4.78 is 0. The molecule has 7 heteroatoms. The van der Waals surface area contributed by atoms with Crippen LogP contribution in [0.15, 0.2) is 48.5 Å². The molecule has 0 atom stereocenters. The Labute approximate surface area is 170 Å². The Morgan fingerprint density at radius 1 is 0.828 bits per heavy atom. The van der Waals surface area contributed by atoms with Crippen molar-refractivity contribution in [1.29, 1.82) is 0 Å². The number of aryl methyl sites for hydroxylation is 1. The maximum Gasteiger partial charge on any atom is 0.333 e. The lowest BCUT2D eigenvalue weighted by atomic mass is 9.96. The van der Waals surface area contributed by atoms with Crippen LogP contribution >= 0.6 is 0 Å². The van der Waals surface area contributed by atoms with Crippen molar-refractivity contribution in [3.8, 4) is 0 Å². The molecular formula is C22H26N4O3. The van der Waals surface area contributed by atoms with Crippen molar-refractivity contribution < 1.29 is 14.4 Å². The molecule has 0 heterocycles. The summed E-state index contributed by atoms with van der Waals surface area (Å²) in [5, 5.41) is 5.67. The fraction of sp³-hybridized carbons (Fsp3) is 0.318. The largest absolute Gasteiger partial charge is 0.334 e. The third kappa shape index (κ3) is 5.81. The van der Waals surface area contributed by atoms with E-state index in [4.69, 9.17) is 0 Å². The molecule has 1 aliphatic rings. The van der Waals surface area contributed by atoms with Crippen molar-refractivity contribution in [3.63, 3.8) is 0 Å². The van der Waals surface area contributed by atoms with Crippen molar-refractivity contribution >= 4 is 23.5 Å². The maximum absolute atomic E-state index is 12.3. The Hall–Kier alpha value is -3.35. The van der Waals surface area contributed by atoms with Gasteiger partial charge in [-0.1, -0.05) is 37.5 Å². The van der Waals surface area contributed by atoms with Crippen molar-refractivity contribution in [1.82, 2.24) is 16.2 Å². The molecule has 1 aliphatic carbocycles. The molecular weight excluding hydrogens is 368 g/mol. The van der Waals surface area contributed by atoms with E-state index in [-0.39, 0.29) is 11.9 Å². The number of hydrogen-bond acceptors (Lipinski definition) is 3. The number of carbonyl (C=O) groups excluding carboxylic acids is 3. The van der Waals surface area contributed by atoms with Crippen LogP contribution in [0.4, 0.5) is 10.5 Å². The molecule has 1 saturated carbocycles. The highest BCUT2D eigenvalue weighted by Crippen LogP contribution is 2.17. The third-order valence-corrected chi connectivity index (χ3v) is 5.02.